The minimum absolute atomic E-state index is 0.180. The van der Waals surface area contributed by atoms with Crippen LogP contribution in [0, 0.1) is 6.92 Å². The molecule has 0 fully saturated rings. The molecule has 0 atom stereocenters. The molecule has 2 aromatic heterocycles. The van der Waals surface area contributed by atoms with Gasteiger partial charge in [-0.1, -0.05) is 30.3 Å². The Labute approximate surface area is 128 Å². The number of carbonyl (C=O) groups is 1. The number of ketones is 1. The molecule has 0 bridgehead atoms. The van der Waals surface area contributed by atoms with E-state index in [4.69, 9.17) is 4.42 Å². The topological polar surface area (TPSA) is 56.0 Å². The van der Waals surface area contributed by atoms with E-state index in [1.54, 1.807) is 37.5 Å². The second-order valence-corrected chi connectivity index (χ2v) is 4.81. The van der Waals surface area contributed by atoms with Crippen molar-refractivity contribution in [3.63, 3.8) is 0 Å². The summed E-state index contributed by atoms with van der Waals surface area (Å²) in [4.78, 5) is 20.5. The first-order valence-corrected chi connectivity index (χ1v) is 6.89. The molecule has 0 aliphatic rings. The zero-order valence-corrected chi connectivity index (χ0v) is 12.1. The lowest BCUT2D eigenvalue weighted by Gasteiger charge is -1.99. The summed E-state index contributed by atoms with van der Waals surface area (Å²) in [6, 6.07) is 13.2. The van der Waals surface area contributed by atoms with Crippen LogP contribution >= 0.6 is 0 Å². The summed E-state index contributed by atoms with van der Waals surface area (Å²) in [6.45, 7) is 1.80. The first kappa shape index (κ1) is 13.9. The maximum atomic E-state index is 11.9. The standard InChI is InChI=1S/C18H14N2O2/c1-13-7-10-17(22-13)16(21)9-8-14-11-19-18(20-12-14)15-5-3-2-4-6-15/h2-12H,1H3. The molecule has 0 spiro atoms. The first-order valence-electron chi connectivity index (χ1n) is 6.89. The molecule has 108 valence electrons. The SMILES string of the molecule is Cc1ccc(C(=O)C=Cc2cnc(-c3ccccc3)nc2)o1. The lowest BCUT2D eigenvalue weighted by Crippen LogP contribution is -1.92. The van der Waals surface area contributed by atoms with Gasteiger partial charge in [0, 0.05) is 23.5 Å². The monoisotopic (exact) mass is 290 g/mol. The quantitative estimate of drug-likeness (QED) is 0.539. The molecule has 0 unspecified atom stereocenters. The number of furan rings is 1. The Morgan fingerprint density at radius 3 is 2.41 bits per heavy atom. The summed E-state index contributed by atoms with van der Waals surface area (Å²) < 4.78 is 5.28. The van der Waals surface area contributed by atoms with Crippen LogP contribution in [0.4, 0.5) is 0 Å². The van der Waals surface area contributed by atoms with E-state index < -0.39 is 0 Å². The fourth-order valence-corrected chi connectivity index (χ4v) is 1.98. The highest BCUT2D eigenvalue weighted by atomic mass is 16.3. The highest BCUT2D eigenvalue weighted by Gasteiger charge is 2.06. The molecule has 0 saturated carbocycles. The molecular formula is C18H14N2O2. The third-order valence-electron chi connectivity index (χ3n) is 3.11. The van der Waals surface area contributed by atoms with Crippen molar-refractivity contribution in [2.75, 3.05) is 0 Å². The Morgan fingerprint density at radius 2 is 1.77 bits per heavy atom. The van der Waals surface area contributed by atoms with Gasteiger partial charge in [0.1, 0.15) is 5.76 Å². The molecular weight excluding hydrogens is 276 g/mol. The van der Waals surface area contributed by atoms with Crippen molar-refractivity contribution < 1.29 is 9.21 Å². The summed E-state index contributed by atoms with van der Waals surface area (Å²) in [5, 5.41) is 0. The van der Waals surface area contributed by atoms with Crippen LogP contribution in [0.15, 0.2) is 65.4 Å². The molecule has 2 heterocycles. The summed E-state index contributed by atoms with van der Waals surface area (Å²) >= 11 is 0. The van der Waals surface area contributed by atoms with Crippen molar-refractivity contribution in [1.29, 1.82) is 0 Å². The summed E-state index contributed by atoms with van der Waals surface area (Å²) in [5.41, 5.74) is 1.72. The van der Waals surface area contributed by atoms with Gasteiger partial charge in [-0.25, -0.2) is 9.97 Å². The number of carbonyl (C=O) groups excluding carboxylic acids is 1. The van der Waals surface area contributed by atoms with Crippen LogP contribution in [-0.2, 0) is 0 Å². The number of aryl methyl sites for hydroxylation is 1. The molecule has 0 amide bonds. The summed E-state index contributed by atoms with van der Waals surface area (Å²) in [7, 11) is 0. The lowest BCUT2D eigenvalue weighted by atomic mass is 10.2. The third-order valence-corrected chi connectivity index (χ3v) is 3.11. The maximum absolute atomic E-state index is 11.9. The molecule has 0 saturated heterocycles. The average molecular weight is 290 g/mol. The Balaban J connectivity index is 1.73. The van der Waals surface area contributed by atoms with Crippen molar-refractivity contribution in [3.05, 3.63) is 78.0 Å². The first-order chi connectivity index (χ1) is 10.7. The van der Waals surface area contributed by atoms with Gasteiger partial charge in [0.25, 0.3) is 0 Å². The van der Waals surface area contributed by atoms with E-state index in [1.807, 2.05) is 30.3 Å². The minimum atomic E-state index is -0.180. The van der Waals surface area contributed by atoms with Gasteiger partial charge >= 0.3 is 0 Å². The molecule has 22 heavy (non-hydrogen) atoms. The van der Waals surface area contributed by atoms with Crippen LogP contribution in [-0.4, -0.2) is 15.8 Å². The van der Waals surface area contributed by atoms with Crippen LogP contribution in [0.3, 0.4) is 0 Å². The average Bonchev–Trinajstić information content (AvgIpc) is 3.00. The Morgan fingerprint density at radius 1 is 1.05 bits per heavy atom. The number of hydrogen-bond donors (Lipinski definition) is 0. The number of allylic oxidation sites excluding steroid dienone is 1. The van der Waals surface area contributed by atoms with Crippen LogP contribution < -0.4 is 0 Å². The number of benzene rings is 1. The van der Waals surface area contributed by atoms with Crippen molar-refractivity contribution in [2.24, 2.45) is 0 Å². The Bertz CT molecular complexity index is 803. The van der Waals surface area contributed by atoms with Gasteiger partial charge in [0.05, 0.1) is 0 Å². The van der Waals surface area contributed by atoms with Crippen molar-refractivity contribution in [1.82, 2.24) is 9.97 Å². The molecule has 4 nitrogen and oxygen atoms in total. The zero-order valence-electron chi connectivity index (χ0n) is 12.1. The molecule has 0 radical (unpaired) electrons. The Hall–Kier alpha value is -3.01. The molecule has 0 aliphatic heterocycles. The highest BCUT2D eigenvalue weighted by Crippen LogP contribution is 2.14. The smallest absolute Gasteiger partial charge is 0.221 e. The third kappa shape index (κ3) is 3.17. The number of rotatable bonds is 4. The molecule has 1 aromatic carbocycles. The van der Waals surface area contributed by atoms with Crippen LogP contribution in [0.2, 0.25) is 0 Å². The molecule has 0 aliphatic carbocycles. The van der Waals surface area contributed by atoms with Crippen molar-refractivity contribution in [2.45, 2.75) is 6.92 Å². The predicted octanol–water partition coefficient (Wildman–Crippen LogP) is 3.94. The number of hydrogen-bond acceptors (Lipinski definition) is 4. The maximum Gasteiger partial charge on any atom is 0.221 e. The van der Waals surface area contributed by atoms with E-state index in [2.05, 4.69) is 9.97 Å². The van der Waals surface area contributed by atoms with E-state index in [0.717, 1.165) is 11.1 Å². The fourth-order valence-electron chi connectivity index (χ4n) is 1.98. The molecule has 4 heteroatoms. The van der Waals surface area contributed by atoms with Gasteiger partial charge in [0.15, 0.2) is 11.6 Å². The highest BCUT2D eigenvalue weighted by molar-refractivity contribution is 6.04. The summed E-state index contributed by atoms with van der Waals surface area (Å²) in [5.74, 6) is 1.52. The predicted molar refractivity (Wildman–Crippen MR) is 84.3 cm³/mol. The van der Waals surface area contributed by atoms with Crippen molar-refractivity contribution >= 4 is 11.9 Å². The van der Waals surface area contributed by atoms with Crippen LogP contribution in [0.1, 0.15) is 21.9 Å². The van der Waals surface area contributed by atoms with Gasteiger partial charge in [0.2, 0.25) is 5.78 Å². The van der Waals surface area contributed by atoms with E-state index in [9.17, 15) is 4.79 Å². The van der Waals surface area contributed by atoms with E-state index >= 15 is 0 Å². The largest absolute Gasteiger partial charge is 0.458 e. The van der Waals surface area contributed by atoms with Crippen LogP contribution in [0.25, 0.3) is 17.5 Å². The molecule has 3 rings (SSSR count). The zero-order chi connectivity index (χ0) is 15.4. The lowest BCUT2D eigenvalue weighted by molar-refractivity contribution is 0.102. The van der Waals surface area contributed by atoms with Gasteiger partial charge in [-0.15, -0.1) is 0 Å². The van der Waals surface area contributed by atoms with Gasteiger partial charge in [-0.05, 0) is 31.2 Å². The Kier molecular flexibility index (Phi) is 3.92. The molecule has 0 N–H and O–H groups in total. The summed E-state index contributed by atoms with van der Waals surface area (Å²) in [6.07, 6.45) is 6.51. The van der Waals surface area contributed by atoms with Gasteiger partial charge in [-0.2, -0.15) is 0 Å². The number of aromatic nitrogens is 2. The second kappa shape index (κ2) is 6.18. The van der Waals surface area contributed by atoms with E-state index in [1.165, 1.54) is 6.08 Å². The number of nitrogens with zero attached hydrogens (tertiary/aromatic N) is 2. The van der Waals surface area contributed by atoms with Gasteiger partial charge < -0.3 is 4.42 Å². The van der Waals surface area contributed by atoms with Crippen LogP contribution in [0.5, 0.6) is 0 Å². The van der Waals surface area contributed by atoms with E-state index in [-0.39, 0.29) is 5.78 Å². The van der Waals surface area contributed by atoms with E-state index in [0.29, 0.717) is 17.3 Å². The minimum Gasteiger partial charge on any atom is -0.458 e. The normalized spacial score (nSPS) is 11.0. The fraction of sp³-hybridized carbons (Fsp3) is 0.0556. The van der Waals surface area contributed by atoms with Crippen molar-refractivity contribution in [3.8, 4) is 11.4 Å². The second-order valence-electron chi connectivity index (χ2n) is 4.81. The molecule has 3 aromatic rings. The van der Waals surface area contributed by atoms with Gasteiger partial charge in [-0.3, -0.25) is 4.79 Å².